The second-order valence-electron chi connectivity index (χ2n) is 3.80. The summed E-state index contributed by atoms with van der Waals surface area (Å²) >= 11 is 0. The van der Waals surface area contributed by atoms with E-state index in [2.05, 4.69) is 10.3 Å². The fraction of sp³-hybridized carbons (Fsp3) is 0.0667. The lowest BCUT2D eigenvalue weighted by atomic mass is 10.1. The van der Waals surface area contributed by atoms with E-state index in [4.69, 9.17) is 0 Å². The maximum Gasteiger partial charge on any atom is 0.248 e. The van der Waals surface area contributed by atoms with E-state index >= 15 is 0 Å². The third kappa shape index (κ3) is 3.04. The number of nitrogens with zero attached hydrogens (tertiary/aromatic N) is 1. The Balaban J connectivity index is 2.13. The van der Waals surface area contributed by atoms with Crippen LogP contribution in [0.5, 0.6) is 0 Å². The number of anilines is 1. The first-order chi connectivity index (χ1) is 8.79. The zero-order valence-corrected chi connectivity index (χ0v) is 10.1. The van der Waals surface area contributed by atoms with Crippen molar-refractivity contribution in [2.45, 2.75) is 6.92 Å². The number of hydrogen-bond donors (Lipinski definition) is 1. The highest BCUT2D eigenvalue weighted by Gasteiger charge is 1.99. The van der Waals surface area contributed by atoms with Crippen molar-refractivity contribution in [3.8, 4) is 11.1 Å². The predicted molar refractivity (Wildman–Crippen MR) is 73.1 cm³/mol. The van der Waals surface area contributed by atoms with E-state index in [9.17, 15) is 4.79 Å². The number of carbonyl (C=O) groups excluding carboxylic acids is 1. The highest BCUT2D eigenvalue weighted by atomic mass is 16.1. The zero-order valence-electron chi connectivity index (χ0n) is 10.1. The van der Waals surface area contributed by atoms with Gasteiger partial charge in [0.2, 0.25) is 5.91 Å². The number of pyridine rings is 1. The summed E-state index contributed by atoms with van der Waals surface area (Å²) in [5.41, 5.74) is 2.99. The van der Waals surface area contributed by atoms with E-state index in [1.54, 1.807) is 18.5 Å². The first kappa shape index (κ1) is 12.0. The average Bonchev–Trinajstić information content (AvgIpc) is 2.41. The zero-order chi connectivity index (χ0) is 12.8. The molecule has 0 spiro atoms. The smallest absolute Gasteiger partial charge is 0.248 e. The molecule has 3 nitrogen and oxygen atoms in total. The van der Waals surface area contributed by atoms with Crippen molar-refractivity contribution in [3.63, 3.8) is 0 Å². The van der Waals surface area contributed by atoms with Crippen LogP contribution in [-0.4, -0.2) is 10.9 Å². The number of nitrogens with one attached hydrogen (secondary N) is 1. The first-order valence-electron chi connectivity index (χ1n) is 5.74. The van der Waals surface area contributed by atoms with Gasteiger partial charge in [0.15, 0.2) is 0 Å². The van der Waals surface area contributed by atoms with Crippen LogP contribution >= 0.6 is 0 Å². The average molecular weight is 238 g/mol. The number of hydrogen-bond acceptors (Lipinski definition) is 2. The Morgan fingerprint density at radius 2 is 1.67 bits per heavy atom. The summed E-state index contributed by atoms with van der Waals surface area (Å²) in [7, 11) is 0. The summed E-state index contributed by atoms with van der Waals surface area (Å²) in [5.74, 6) is -0.117. The molecular weight excluding hydrogens is 224 g/mol. The Labute approximate surface area is 106 Å². The second-order valence-corrected chi connectivity index (χ2v) is 3.80. The monoisotopic (exact) mass is 238 g/mol. The minimum atomic E-state index is -0.117. The lowest BCUT2D eigenvalue weighted by Gasteiger charge is -2.04. The molecule has 18 heavy (non-hydrogen) atoms. The molecule has 1 aromatic heterocycles. The Kier molecular flexibility index (Phi) is 3.86. The molecule has 0 aliphatic carbocycles. The number of aromatic nitrogens is 1. The second kappa shape index (κ2) is 5.77. The van der Waals surface area contributed by atoms with Gasteiger partial charge in [-0.2, -0.15) is 0 Å². The summed E-state index contributed by atoms with van der Waals surface area (Å²) in [6.45, 7) is 1.81. The molecule has 1 N–H and O–H groups in total. The molecule has 3 heteroatoms. The Hall–Kier alpha value is -2.42. The van der Waals surface area contributed by atoms with Gasteiger partial charge in [-0.15, -0.1) is 0 Å². The molecule has 0 atom stereocenters. The summed E-state index contributed by atoms with van der Waals surface area (Å²) in [4.78, 5) is 15.3. The number of benzene rings is 1. The van der Waals surface area contributed by atoms with Gasteiger partial charge in [0.25, 0.3) is 0 Å². The normalized spacial score (nSPS) is 10.5. The maximum absolute atomic E-state index is 11.4. The largest absolute Gasteiger partial charge is 0.323 e. The van der Waals surface area contributed by atoms with Crippen LogP contribution in [0.25, 0.3) is 11.1 Å². The van der Waals surface area contributed by atoms with Crippen LogP contribution in [0, 0.1) is 0 Å². The highest BCUT2D eigenvalue weighted by molar-refractivity contribution is 5.99. The van der Waals surface area contributed by atoms with Gasteiger partial charge in [0.05, 0.1) is 0 Å². The molecule has 0 bridgehead atoms. The van der Waals surface area contributed by atoms with Gasteiger partial charge < -0.3 is 5.32 Å². The van der Waals surface area contributed by atoms with Gasteiger partial charge in [-0.05, 0) is 48.4 Å². The van der Waals surface area contributed by atoms with Crippen LogP contribution in [0.1, 0.15) is 6.92 Å². The molecule has 2 rings (SSSR count). The number of amides is 1. The SMILES string of the molecule is CC=CC(=O)Nc1ccc(-c2ccncc2)cc1. The molecule has 0 aliphatic heterocycles. The highest BCUT2D eigenvalue weighted by Crippen LogP contribution is 2.20. The number of allylic oxidation sites excluding steroid dienone is 1. The van der Waals surface area contributed by atoms with Gasteiger partial charge in [-0.1, -0.05) is 18.2 Å². The molecule has 0 unspecified atom stereocenters. The lowest BCUT2D eigenvalue weighted by Crippen LogP contribution is -2.07. The molecule has 90 valence electrons. The molecule has 0 aliphatic rings. The topological polar surface area (TPSA) is 42.0 Å². The van der Waals surface area contributed by atoms with Crippen LogP contribution in [0.3, 0.4) is 0 Å². The van der Waals surface area contributed by atoms with Crippen molar-refractivity contribution in [3.05, 3.63) is 60.9 Å². The van der Waals surface area contributed by atoms with Crippen LogP contribution in [0.4, 0.5) is 5.69 Å². The van der Waals surface area contributed by atoms with Crippen molar-refractivity contribution >= 4 is 11.6 Å². The molecule has 1 aromatic carbocycles. The Morgan fingerprint density at radius 3 is 2.28 bits per heavy atom. The number of carbonyl (C=O) groups is 1. The summed E-state index contributed by atoms with van der Waals surface area (Å²) in [6, 6.07) is 11.6. The van der Waals surface area contributed by atoms with Crippen molar-refractivity contribution in [1.29, 1.82) is 0 Å². The van der Waals surface area contributed by atoms with Crippen molar-refractivity contribution in [2.75, 3.05) is 5.32 Å². The van der Waals surface area contributed by atoms with Gasteiger partial charge in [0.1, 0.15) is 0 Å². The van der Waals surface area contributed by atoms with E-state index in [1.165, 1.54) is 6.08 Å². The molecule has 1 amide bonds. The van der Waals surface area contributed by atoms with E-state index in [-0.39, 0.29) is 5.91 Å². The van der Waals surface area contributed by atoms with Crippen LogP contribution in [0.2, 0.25) is 0 Å². The van der Waals surface area contributed by atoms with Crippen LogP contribution in [-0.2, 0) is 4.79 Å². The van der Waals surface area contributed by atoms with E-state index in [0.717, 1.165) is 16.8 Å². The first-order valence-corrected chi connectivity index (χ1v) is 5.74. The van der Waals surface area contributed by atoms with E-state index in [0.29, 0.717) is 0 Å². The third-order valence-corrected chi connectivity index (χ3v) is 2.48. The van der Waals surface area contributed by atoms with Crippen molar-refractivity contribution in [1.82, 2.24) is 4.98 Å². The quantitative estimate of drug-likeness (QED) is 0.834. The van der Waals surface area contributed by atoms with Crippen LogP contribution < -0.4 is 5.32 Å². The van der Waals surface area contributed by atoms with Crippen molar-refractivity contribution < 1.29 is 4.79 Å². The van der Waals surface area contributed by atoms with Gasteiger partial charge >= 0.3 is 0 Å². The van der Waals surface area contributed by atoms with Gasteiger partial charge in [-0.25, -0.2) is 0 Å². The molecule has 0 fully saturated rings. The Morgan fingerprint density at radius 1 is 1.06 bits per heavy atom. The van der Waals surface area contributed by atoms with Crippen molar-refractivity contribution in [2.24, 2.45) is 0 Å². The Bertz CT molecular complexity index is 544. The molecule has 0 saturated heterocycles. The lowest BCUT2D eigenvalue weighted by molar-refractivity contribution is -0.111. The third-order valence-electron chi connectivity index (χ3n) is 2.48. The fourth-order valence-electron chi connectivity index (χ4n) is 1.63. The standard InChI is InChI=1S/C15H14N2O/c1-2-3-15(18)17-14-6-4-12(5-7-14)13-8-10-16-11-9-13/h2-11H,1H3,(H,17,18). The summed E-state index contributed by atoms with van der Waals surface area (Å²) in [5, 5.41) is 2.78. The van der Waals surface area contributed by atoms with Gasteiger partial charge in [0, 0.05) is 18.1 Å². The maximum atomic E-state index is 11.4. The molecule has 1 heterocycles. The molecule has 2 aromatic rings. The fourth-order valence-corrected chi connectivity index (χ4v) is 1.63. The number of rotatable bonds is 3. The minimum absolute atomic E-state index is 0.117. The molecule has 0 radical (unpaired) electrons. The summed E-state index contributed by atoms with van der Waals surface area (Å²) in [6.07, 6.45) is 6.73. The van der Waals surface area contributed by atoms with E-state index in [1.807, 2.05) is 43.3 Å². The molecular formula is C15H14N2O. The summed E-state index contributed by atoms with van der Waals surface area (Å²) < 4.78 is 0. The van der Waals surface area contributed by atoms with Crippen LogP contribution in [0.15, 0.2) is 60.9 Å². The predicted octanol–water partition coefficient (Wildman–Crippen LogP) is 3.26. The molecule has 0 saturated carbocycles. The van der Waals surface area contributed by atoms with E-state index < -0.39 is 0 Å². The minimum Gasteiger partial charge on any atom is -0.323 e. The van der Waals surface area contributed by atoms with Gasteiger partial charge in [-0.3, -0.25) is 9.78 Å².